The van der Waals surface area contributed by atoms with Crippen molar-refractivity contribution in [3.05, 3.63) is 47.7 Å². The number of cyclic esters (lactones) is 1. The van der Waals surface area contributed by atoms with Crippen LogP contribution in [-0.2, 0) is 20.8 Å². The Balaban J connectivity index is 1.53. The highest BCUT2D eigenvalue weighted by Gasteiger charge is 2.28. The minimum absolute atomic E-state index is 0.150. The van der Waals surface area contributed by atoms with Gasteiger partial charge >= 0.3 is 5.97 Å². The summed E-state index contributed by atoms with van der Waals surface area (Å²) in [6.45, 7) is 2.31. The smallest absolute Gasteiger partial charge is 0.339 e. The van der Waals surface area contributed by atoms with Gasteiger partial charge in [-0.15, -0.1) is 0 Å². The summed E-state index contributed by atoms with van der Waals surface area (Å²) in [6.07, 6.45) is 2.42. The second-order valence-corrected chi connectivity index (χ2v) is 8.08. The molecule has 0 N–H and O–H groups in total. The SMILES string of the molecule is COc1cc2cc3c(c(-c4ccc(N(C)CCC5OCCO5)nc4)c2cc1OC)C(=O)OC3. The molecule has 1 aromatic heterocycles. The van der Waals surface area contributed by atoms with Crippen molar-refractivity contribution in [2.24, 2.45) is 0 Å². The van der Waals surface area contributed by atoms with Crippen LogP contribution >= 0.6 is 0 Å². The number of anilines is 1. The lowest BCUT2D eigenvalue weighted by Crippen LogP contribution is -2.24. The van der Waals surface area contributed by atoms with Crippen LogP contribution in [0, 0.1) is 0 Å². The highest BCUT2D eigenvalue weighted by molar-refractivity contribution is 6.11. The van der Waals surface area contributed by atoms with Gasteiger partial charge in [0, 0.05) is 42.9 Å². The fourth-order valence-electron chi connectivity index (χ4n) is 4.40. The Bertz CT molecular complexity index is 1190. The van der Waals surface area contributed by atoms with Gasteiger partial charge in [0.05, 0.1) is 33.0 Å². The largest absolute Gasteiger partial charge is 0.493 e. The standard InChI is InChI=1S/C25H26N2O6/c1-27(7-6-22-31-8-9-32-22)21-5-4-15(13-26-21)23-18-12-20(30-3)19(29-2)11-16(18)10-17-14-33-25(28)24(17)23/h4-5,10-13,22H,6-9,14H2,1-3H3. The van der Waals surface area contributed by atoms with Crippen molar-refractivity contribution in [3.8, 4) is 22.6 Å². The van der Waals surface area contributed by atoms with Crippen molar-refractivity contribution < 1.29 is 28.5 Å². The van der Waals surface area contributed by atoms with E-state index in [4.69, 9.17) is 23.7 Å². The molecule has 33 heavy (non-hydrogen) atoms. The highest BCUT2D eigenvalue weighted by Crippen LogP contribution is 2.42. The van der Waals surface area contributed by atoms with E-state index in [0.29, 0.717) is 30.3 Å². The molecule has 0 atom stereocenters. The summed E-state index contributed by atoms with van der Waals surface area (Å²) < 4.78 is 27.4. The number of methoxy groups -OCH3 is 2. The molecule has 0 saturated carbocycles. The number of carbonyl (C=O) groups is 1. The normalized spacial score (nSPS) is 15.5. The summed E-state index contributed by atoms with van der Waals surface area (Å²) in [5.41, 5.74) is 3.06. The summed E-state index contributed by atoms with van der Waals surface area (Å²) in [6, 6.07) is 9.74. The van der Waals surface area contributed by atoms with E-state index in [9.17, 15) is 4.79 Å². The van der Waals surface area contributed by atoms with E-state index in [-0.39, 0.29) is 18.9 Å². The molecule has 2 aliphatic rings. The predicted octanol–water partition coefficient (Wildman–Crippen LogP) is 3.79. The lowest BCUT2D eigenvalue weighted by atomic mass is 9.91. The van der Waals surface area contributed by atoms with E-state index in [1.807, 2.05) is 37.4 Å². The number of pyridine rings is 1. The third-order valence-corrected chi connectivity index (χ3v) is 6.11. The van der Waals surface area contributed by atoms with Crippen molar-refractivity contribution in [2.45, 2.75) is 19.3 Å². The average molecular weight is 450 g/mol. The van der Waals surface area contributed by atoms with Crippen LogP contribution in [0.15, 0.2) is 36.5 Å². The third-order valence-electron chi connectivity index (χ3n) is 6.11. The number of rotatable bonds is 7. The van der Waals surface area contributed by atoms with Gasteiger partial charge in [0.2, 0.25) is 0 Å². The molecule has 172 valence electrons. The molecule has 8 nitrogen and oxygen atoms in total. The van der Waals surface area contributed by atoms with Gasteiger partial charge in [0.15, 0.2) is 17.8 Å². The molecular weight excluding hydrogens is 424 g/mol. The first-order valence-electron chi connectivity index (χ1n) is 10.9. The van der Waals surface area contributed by atoms with Gasteiger partial charge in [0.1, 0.15) is 12.4 Å². The zero-order valence-corrected chi connectivity index (χ0v) is 18.9. The Morgan fingerprint density at radius 3 is 2.52 bits per heavy atom. The molecule has 2 aliphatic heterocycles. The molecule has 1 fully saturated rings. The Morgan fingerprint density at radius 1 is 1.06 bits per heavy atom. The Hall–Kier alpha value is -3.36. The summed E-state index contributed by atoms with van der Waals surface area (Å²) in [4.78, 5) is 19.4. The molecule has 0 bridgehead atoms. The molecule has 0 amide bonds. The number of fused-ring (bicyclic) bond motifs is 2. The fourth-order valence-corrected chi connectivity index (χ4v) is 4.40. The van der Waals surface area contributed by atoms with Gasteiger partial charge in [0.25, 0.3) is 0 Å². The molecule has 3 heterocycles. The van der Waals surface area contributed by atoms with Gasteiger partial charge in [-0.2, -0.15) is 0 Å². The van der Waals surface area contributed by atoms with Crippen LogP contribution in [0.5, 0.6) is 11.5 Å². The molecular formula is C25H26N2O6. The van der Waals surface area contributed by atoms with Crippen LogP contribution in [-0.4, -0.2) is 58.3 Å². The lowest BCUT2D eigenvalue weighted by molar-refractivity contribution is -0.0447. The summed E-state index contributed by atoms with van der Waals surface area (Å²) in [5.74, 6) is 1.73. The fraction of sp³-hybridized carbons (Fsp3) is 0.360. The molecule has 0 spiro atoms. The topological polar surface area (TPSA) is 79.4 Å². The van der Waals surface area contributed by atoms with Crippen LogP contribution in [0.4, 0.5) is 5.82 Å². The van der Waals surface area contributed by atoms with E-state index in [2.05, 4.69) is 9.88 Å². The molecule has 2 aromatic carbocycles. The first-order chi connectivity index (χ1) is 16.1. The third kappa shape index (κ3) is 3.96. The van der Waals surface area contributed by atoms with E-state index < -0.39 is 0 Å². The van der Waals surface area contributed by atoms with Gasteiger partial charge in [-0.1, -0.05) is 0 Å². The zero-order valence-electron chi connectivity index (χ0n) is 18.9. The maximum Gasteiger partial charge on any atom is 0.339 e. The van der Waals surface area contributed by atoms with Gasteiger partial charge in [-0.25, -0.2) is 9.78 Å². The minimum atomic E-state index is -0.325. The number of aromatic nitrogens is 1. The molecule has 0 radical (unpaired) electrons. The van der Waals surface area contributed by atoms with E-state index in [1.165, 1.54) is 0 Å². The Morgan fingerprint density at radius 2 is 1.82 bits per heavy atom. The summed E-state index contributed by atoms with van der Waals surface area (Å²) in [5, 5.41) is 1.82. The van der Waals surface area contributed by atoms with Crippen LogP contribution in [0.3, 0.4) is 0 Å². The Labute approximate surface area is 192 Å². The summed E-state index contributed by atoms with van der Waals surface area (Å²) in [7, 11) is 5.19. The number of nitrogens with zero attached hydrogens (tertiary/aromatic N) is 2. The van der Waals surface area contributed by atoms with Crippen LogP contribution < -0.4 is 14.4 Å². The van der Waals surface area contributed by atoms with Gasteiger partial charge < -0.3 is 28.6 Å². The molecule has 3 aromatic rings. The zero-order chi connectivity index (χ0) is 22.9. The number of benzene rings is 2. The number of ether oxygens (including phenoxy) is 5. The monoisotopic (exact) mass is 450 g/mol. The van der Waals surface area contributed by atoms with Gasteiger partial charge in [-0.3, -0.25) is 0 Å². The molecule has 8 heteroatoms. The number of hydrogen-bond donors (Lipinski definition) is 0. The van der Waals surface area contributed by atoms with Gasteiger partial charge in [-0.05, 0) is 41.1 Å². The van der Waals surface area contributed by atoms with Crippen molar-refractivity contribution >= 4 is 22.6 Å². The van der Waals surface area contributed by atoms with Crippen molar-refractivity contribution in [1.29, 1.82) is 0 Å². The maximum absolute atomic E-state index is 12.6. The molecule has 0 aliphatic carbocycles. The van der Waals surface area contributed by atoms with Crippen LogP contribution in [0.1, 0.15) is 22.3 Å². The van der Waals surface area contributed by atoms with Crippen molar-refractivity contribution in [3.63, 3.8) is 0 Å². The number of esters is 1. The molecule has 1 saturated heterocycles. The molecule has 0 unspecified atom stereocenters. The van der Waals surface area contributed by atoms with Crippen molar-refractivity contribution in [2.75, 3.05) is 45.9 Å². The second kappa shape index (κ2) is 8.88. The van der Waals surface area contributed by atoms with E-state index in [0.717, 1.165) is 46.2 Å². The number of carbonyl (C=O) groups excluding carboxylic acids is 1. The maximum atomic E-state index is 12.6. The average Bonchev–Trinajstić information content (AvgIpc) is 3.50. The second-order valence-electron chi connectivity index (χ2n) is 8.08. The van der Waals surface area contributed by atoms with Crippen LogP contribution in [0.2, 0.25) is 0 Å². The lowest BCUT2D eigenvalue weighted by Gasteiger charge is -2.20. The van der Waals surface area contributed by atoms with E-state index in [1.54, 1.807) is 20.4 Å². The highest BCUT2D eigenvalue weighted by atomic mass is 16.7. The predicted molar refractivity (Wildman–Crippen MR) is 123 cm³/mol. The Kier molecular flexibility index (Phi) is 5.78. The van der Waals surface area contributed by atoms with E-state index >= 15 is 0 Å². The first kappa shape index (κ1) is 21.5. The summed E-state index contributed by atoms with van der Waals surface area (Å²) >= 11 is 0. The first-order valence-corrected chi connectivity index (χ1v) is 10.9. The quantitative estimate of drug-likeness (QED) is 0.503. The minimum Gasteiger partial charge on any atom is -0.493 e. The molecule has 5 rings (SSSR count). The van der Waals surface area contributed by atoms with Crippen LogP contribution in [0.25, 0.3) is 21.9 Å². The number of hydrogen-bond acceptors (Lipinski definition) is 8. The van der Waals surface area contributed by atoms with Crippen molar-refractivity contribution in [1.82, 2.24) is 4.98 Å².